The maximum Gasteiger partial charge on any atom is 0.283 e. The van der Waals surface area contributed by atoms with Gasteiger partial charge in [-0.2, -0.15) is 0 Å². The molecule has 3 rings (SSSR count). The molecule has 2 aromatic carbocycles. The molecule has 0 radical (unpaired) electrons. The van der Waals surface area contributed by atoms with Gasteiger partial charge in [-0.05, 0) is 23.8 Å². The van der Waals surface area contributed by atoms with Crippen LogP contribution in [0.4, 0.5) is 0 Å². The summed E-state index contributed by atoms with van der Waals surface area (Å²) >= 11 is 1.30. The Hall–Kier alpha value is -3.12. The molecule has 5 nitrogen and oxygen atoms in total. The van der Waals surface area contributed by atoms with Crippen molar-refractivity contribution < 1.29 is 14.3 Å². The van der Waals surface area contributed by atoms with Gasteiger partial charge >= 0.3 is 0 Å². The second kappa shape index (κ2) is 7.63. The fourth-order valence-corrected chi connectivity index (χ4v) is 3.29. The first-order valence-corrected chi connectivity index (χ1v) is 8.39. The van der Waals surface area contributed by atoms with Crippen molar-refractivity contribution in [3.63, 3.8) is 0 Å². The zero-order valence-corrected chi connectivity index (χ0v) is 14.3. The lowest BCUT2D eigenvalue weighted by molar-refractivity contribution is 0.0847. The minimum atomic E-state index is -0.423. The summed E-state index contributed by atoms with van der Waals surface area (Å²) in [4.78, 5) is 25.7. The lowest BCUT2D eigenvalue weighted by atomic mass is 10.2. The second-order valence-corrected chi connectivity index (χ2v) is 6.20. The molecule has 1 heterocycles. The number of hydrogen-bond acceptors (Lipinski definition) is 4. The van der Waals surface area contributed by atoms with E-state index in [9.17, 15) is 9.59 Å². The van der Waals surface area contributed by atoms with E-state index in [4.69, 9.17) is 4.74 Å². The molecule has 126 valence electrons. The highest BCUT2D eigenvalue weighted by molar-refractivity contribution is 7.17. The van der Waals surface area contributed by atoms with E-state index in [2.05, 4.69) is 10.9 Å². The quantitative estimate of drug-likeness (QED) is 0.706. The van der Waals surface area contributed by atoms with Crippen LogP contribution in [-0.2, 0) is 0 Å². The first kappa shape index (κ1) is 16.7. The Morgan fingerprint density at radius 3 is 2.12 bits per heavy atom. The van der Waals surface area contributed by atoms with Gasteiger partial charge in [-0.15, -0.1) is 11.3 Å². The molecule has 0 saturated carbocycles. The van der Waals surface area contributed by atoms with Gasteiger partial charge in [0, 0.05) is 10.4 Å². The Balaban J connectivity index is 1.74. The molecule has 0 atom stereocenters. The summed E-state index contributed by atoms with van der Waals surface area (Å²) in [7, 11) is 1.51. The number of carbonyl (C=O) groups is 2. The molecule has 3 aromatic rings. The van der Waals surface area contributed by atoms with Crippen LogP contribution in [0.5, 0.6) is 5.75 Å². The van der Waals surface area contributed by atoms with E-state index in [0.717, 1.165) is 10.4 Å². The smallest absolute Gasteiger partial charge is 0.283 e. The van der Waals surface area contributed by atoms with E-state index in [-0.39, 0.29) is 5.91 Å². The van der Waals surface area contributed by atoms with Crippen molar-refractivity contribution in [3.05, 3.63) is 77.2 Å². The van der Waals surface area contributed by atoms with Crippen molar-refractivity contribution in [2.24, 2.45) is 0 Å². The predicted molar refractivity (Wildman–Crippen MR) is 97.7 cm³/mol. The van der Waals surface area contributed by atoms with Crippen molar-refractivity contribution in [2.75, 3.05) is 7.11 Å². The number of amides is 2. The van der Waals surface area contributed by atoms with Crippen molar-refractivity contribution in [1.82, 2.24) is 10.9 Å². The first-order valence-electron chi connectivity index (χ1n) is 7.58. The normalized spacial score (nSPS) is 10.1. The lowest BCUT2D eigenvalue weighted by Crippen LogP contribution is -2.41. The van der Waals surface area contributed by atoms with Crippen molar-refractivity contribution in [2.45, 2.75) is 0 Å². The molecule has 2 N–H and O–H groups in total. The molecular formula is C19H16N2O3S. The van der Waals surface area contributed by atoms with Crippen molar-refractivity contribution >= 4 is 23.2 Å². The van der Waals surface area contributed by atoms with Crippen molar-refractivity contribution in [3.8, 4) is 16.2 Å². The minimum Gasteiger partial charge on any atom is -0.495 e. The summed E-state index contributed by atoms with van der Waals surface area (Å²) in [6.07, 6.45) is 0. The average molecular weight is 352 g/mol. The summed E-state index contributed by atoms with van der Waals surface area (Å²) < 4.78 is 5.30. The van der Waals surface area contributed by atoms with E-state index >= 15 is 0 Å². The van der Waals surface area contributed by atoms with E-state index < -0.39 is 5.91 Å². The van der Waals surface area contributed by atoms with Crippen LogP contribution in [0.25, 0.3) is 10.4 Å². The van der Waals surface area contributed by atoms with E-state index in [0.29, 0.717) is 16.2 Å². The zero-order valence-electron chi connectivity index (χ0n) is 13.5. The van der Waals surface area contributed by atoms with Gasteiger partial charge in [0.05, 0.1) is 7.11 Å². The molecule has 0 bridgehead atoms. The molecule has 0 unspecified atom stereocenters. The minimum absolute atomic E-state index is 0.382. The standard InChI is InChI=1S/C19H16N2O3S/c1-24-15-12-16(13-8-4-2-5-9-13)25-17(15)19(23)21-20-18(22)14-10-6-3-7-11-14/h2-12H,1H3,(H,20,22)(H,21,23). The lowest BCUT2D eigenvalue weighted by Gasteiger charge is -2.07. The van der Waals surface area contributed by atoms with Crippen LogP contribution in [0.15, 0.2) is 66.7 Å². The Labute approximate surface area is 149 Å². The van der Waals surface area contributed by atoms with E-state index in [1.165, 1.54) is 18.4 Å². The molecular weight excluding hydrogens is 336 g/mol. The van der Waals surface area contributed by atoms with Gasteiger partial charge in [0.25, 0.3) is 11.8 Å². The zero-order chi connectivity index (χ0) is 17.6. The van der Waals surface area contributed by atoms with Gasteiger partial charge in [0.2, 0.25) is 0 Å². The first-order chi connectivity index (χ1) is 12.2. The molecule has 25 heavy (non-hydrogen) atoms. The summed E-state index contributed by atoms with van der Waals surface area (Å²) in [5, 5.41) is 0. The highest BCUT2D eigenvalue weighted by atomic mass is 32.1. The fourth-order valence-electron chi connectivity index (χ4n) is 2.26. The maximum absolute atomic E-state index is 12.4. The summed E-state index contributed by atoms with van der Waals surface area (Å²) in [5.41, 5.74) is 6.30. The molecule has 0 spiro atoms. The SMILES string of the molecule is COc1cc(-c2ccccc2)sc1C(=O)NNC(=O)c1ccccc1. The van der Waals surface area contributed by atoms with Crippen LogP contribution >= 0.6 is 11.3 Å². The van der Waals surface area contributed by atoms with Gasteiger partial charge in [-0.3, -0.25) is 20.4 Å². The monoisotopic (exact) mass is 352 g/mol. The largest absolute Gasteiger partial charge is 0.495 e. The number of ether oxygens (including phenoxy) is 1. The van der Waals surface area contributed by atoms with Crippen LogP contribution < -0.4 is 15.6 Å². The van der Waals surface area contributed by atoms with Crippen molar-refractivity contribution in [1.29, 1.82) is 0 Å². The molecule has 1 aromatic heterocycles. The Morgan fingerprint density at radius 1 is 0.880 bits per heavy atom. The van der Waals surface area contributed by atoms with Gasteiger partial charge < -0.3 is 4.74 Å². The number of hydrogen-bond donors (Lipinski definition) is 2. The predicted octanol–water partition coefficient (Wildman–Crippen LogP) is 3.50. The third-order valence-electron chi connectivity index (χ3n) is 3.51. The molecule has 0 aliphatic carbocycles. The average Bonchev–Trinajstić information content (AvgIpc) is 3.12. The van der Waals surface area contributed by atoms with E-state index in [1.54, 1.807) is 24.3 Å². The fraction of sp³-hybridized carbons (Fsp3) is 0.0526. The second-order valence-electron chi connectivity index (χ2n) is 5.15. The topological polar surface area (TPSA) is 67.4 Å². The Bertz CT molecular complexity index is 876. The van der Waals surface area contributed by atoms with Crippen LogP contribution in [0, 0.1) is 0 Å². The summed E-state index contributed by atoms with van der Waals surface area (Å²) in [6, 6.07) is 20.2. The number of nitrogens with one attached hydrogen (secondary N) is 2. The molecule has 0 aliphatic rings. The van der Waals surface area contributed by atoms with Crippen LogP contribution in [0.3, 0.4) is 0 Å². The molecule has 2 amide bonds. The van der Waals surface area contributed by atoms with Gasteiger partial charge in [0.1, 0.15) is 10.6 Å². The van der Waals surface area contributed by atoms with Gasteiger partial charge in [-0.1, -0.05) is 48.5 Å². The number of thiophene rings is 1. The molecule has 6 heteroatoms. The number of hydrazine groups is 1. The Morgan fingerprint density at radius 2 is 1.48 bits per heavy atom. The highest BCUT2D eigenvalue weighted by Gasteiger charge is 2.18. The molecule has 0 fully saturated rings. The molecule has 0 saturated heterocycles. The van der Waals surface area contributed by atoms with Gasteiger partial charge in [0.15, 0.2) is 0 Å². The maximum atomic E-state index is 12.4. The third kappa shape index (κ3) is 3.87. The summed E-state index contributed by atoms with van der Waals surface area (Å²) in [6.45, 7) is 0. The highest BCUT2D eigenvalue weighted by Crippen LogP contribution is 2.35. The number of carbonyl (C=O) groups excluding carboxylic acids is 2. The van der Waals surface area contributed by atoms with Crippen LogP contribution in [0.1, 0.15) is 20.0 Å². The van der Waals surface area contributed by atoms with Gasteiger partial charge in [-0.25, -0.2) is 0 Å². The summed E-state index contributed by atoms with van der Waals surface area (Å²) in [5.74, 6) is -0.337. The third-order valence-corrected chi connectivity index (χ3v) is 4.67. The Kier molecular flexibility index (Phi) is 5.11. The number of rotatable bonds is 4. The van der Waals surface area contributed by atoms with E-state index in [1.807, 2.05) is 42.5 Å². The van der Waals surface area contributed by atoms with Crippen LogP contribution in [-0.4, -0.2) is 18.9 Å². The number of benzene rings is 2. The number of methoxy groups -OCH3 is 1. The van der Waals surface area contributed by atoms with Crippen LogP contribution in [0.2, 0.25) is 0 Å². The molecule has 0 aliphatic heterocycles.